The molecule has 3 heteroatoms. The third kappa shape index (κ3) is 1.57. The Morgan fingerprint density at radius 1 is 1.14 bits per heavy atom. The van der Waals surface area contributed by atoms with Crippen molar-refractivity contribution in [1.29, 1.82) is 0 Å². The Morgan fingerprint density at radius 2 is 1.86 bits per heavy atom. The summed E-state index contributed by atoms with van der Waals surface area (Å²) in [6, 6.07) is 11.3. The number of aryl methyl sites for hydroxylation is 1. The van der Waals surface area contributed by atoms with Crippen molar-refractivity contribution >= 4 is 0 Å². The zero-order valence-electron chi connectivity index (χ0n) is 7.84. The summed E-state index contributed by atoms with van der Waals surface area (Å²) in [5, 5.41) is 0. The first-order chi connectivity index (χ1) is 6.77. The smallest absolute Gasteiger partial charge is 0.272 e. The summed E-state index contributed by atoms with van der Waals surface area (Å²) >= 11 is 0. The molecule has 0 bridgehead atoms. The number of nitrogens with zero attached hydrogens (tertiary/aromatic N) is 2. The topological polar surface area (TPSA) is 34.9 Å². The zero-order valence-corrected chi connectivity index (χ0v) is 7.84. The molecule has 0 N–H and O–H groups in total. The summed E-state index contributed by atoms with van der Waals surface area (Å²) < 4.78 is 1.88. The normalized spacial score (nSPS) is 10.1. The van der Waals surface area contributed by atoms with Gasteiger partial charge in [0, 0.05) is 18.0 Å². The molecule has 0 aliphatic carbocycles. The van der Waals surface area contributed by atoms with E-state index in [1.165, 1.54) is 6.07 Å². The van der Waals surface area contributed by atoms with Crippen LogP contribution in [0.25, 0.3) is 5.69 Å². The molecular weight excluding hydrogens is 176 g/mol. The van der Waals surface area contributed by atoms with Crippen molar-refractivity contribution in [3.8, 4) is 5.69 Å². The third-order valence-corrected chi connectivity index (χ3v) is 2.02. The quantitative estimate of drug-likeness (QED) is 0.677. The van der Waals surface area contributed by atoms with Crippen LogP contribution in [-0.2, 0) is 0 Å². The third-order valence-electron chi connectivity index (χ3n) is 2.02. The molecule has 70 valence electrons. The van der Waals surface area contributed by atoms with Gasteiger partial charge < -0.3 is 4.57 Å². The van der Waals surface area contributed by atoms with Crippen molar-refractivity contribution in [3.63, 3.8) is 0 Å². The summed E-state index contributed by atoms with van der Waals surface area (Å²) in [7, 11) is 0. The fraction of sp³-hybridized carbons (Fsp3) is 0.0909. The van der Waals surface area contributed by atoms with E-state index in [0.29, 0.717) is 5.82 Å². The van der Waals surface area contributed by atoms with Gasteiger partial charge >= 0.3 is 0 Å². The Kier molecular flexibility index (Phi) is 2.14. The van der Waals surface area contributed by atoms with Gasteiger partial charge in [-0.1, -0.05) is 18.2 Å². The highest BCUT2D eigenvalue weighted by atomic mass is 16.1. The van der Waals surface area contributed by atoms with Crippen LogP contribution in [-0.4, -0.2) is 9.55 Å². The Morgan fingerprint density at radius 3 is 2.50 bits per heavy atom. The average molecular weight is 186 g/mol. The van der Waals surface area contributed by atoms with E-state index in [9.17, 15) is 4.79 Å². The molecule has 0 saturated heterocycles. The van der Waals surface area contributed by atoms with Gasteiger partial charge in [-0.2, -0.15) is 4.98 Å². The summed E-state index contributed by atoms with van der Waals surface area (Å²) in [6.07, 6.45) is 1.74. The molecule has 0 spiro atoms. The van der Waals surface area contributed by atoms with E-state index in [1.807, 2.05) is 41.8 Å². The number of rotatable bonds is 1. The molecule has 1 heterocycles. The molecule has 1 aromatic carbocycles. The summed E-state index contributed by atoms with van der Waals surface area (Å²) in [5.74, 6) is 0.698. The van der Waals surface area contributed by atoms with E-state index in [4.69, 9.17) is 0 Å². The van der Waals surface area contributed by atoms with Crippen molar-refractivity contribution in [2.75, 3.05) is 0 Å². The van der Waals surface area contributed by atoms with Gasteiger partial charge in [0.25, 0.3) is 5.56 Å². The monoisotopic (exact) mass is 186 g/mol. The molecule has 0 unspecified atom stereocenters. The van der Waals surface area contributed by atoms with Crippen molar-refractivity contribution in [2.45, 2.75) is 6.92 Å². The molecular formula is C11H10N2O. The first-order valence-electron chi connectivity index (χ1n) is 4.39. The maximum absolute atomic E-state index is 10.9. The Balaban J connectivity index is 2.58. The minimum Gasteiger partial charge on any atom is -0.305 e. The van der Waals surface area contributed by atoms with Gasteiger partial charge in [-0.15, -0.1) is 0 Å². The van der Waals surface area contributed by atoms with E-state index >= 15 is 0 Å². The predicted octanol–water partition coefficient (Wildman–Crippen LogP) is 1.54. The Hall–Kier alpha value is -1.90. The molecule has 0 saturated carbocycles. The largest absolute Gasteiger partial charge is 0.305 e. The molecule has 3 nitrogen and oxygen atoms in total. The highest BCUT2D eigenvalue weighted by Gasteiger charge is 1.98. The van der Waals surface area contributed by atoms with E-state index in [0.717, 1.165) is 5.69 Å². The van der Waals surface area contributed by atoms with Crippen LogP contribution in [0.15, 0.2) is 47.4 Å². The van der Waals surface area contributed by atoms with Gasteiger partial charge in [0.2, 0.25) is 0 Å². The molecule has 0 atom stereocenters. The van der Waals surface area contributed by atoms with E-state index in [1.54, 1.807) is 6.20 Å². The number of benzene rings is 1. The zero-order chi connectivity index (χ0) is 9.97. The molecule has 0 aliphatic rings. The molecule has 0 radical (unpaired) electrons. The standard InChI is InChI=1S/C11H10N2O/c1-9-12-11(14)7-8-13(9)10-5-3-2-4-6-10/h2-8H,1H3. The lowest BCUT2D eigenvalue weighted by Crippen LogP contribution is -2.12. The van der Waals surface area contributed by atoms with Gasteiger partial charge in [-0.3, -0.25) is 4.79 Å². The molecule has 2 aromatic rings. The fourth-order valence-electron chi connectivity index (χ4n) is 1.36. The summed E-state index contributed by atoms with van der Waals surface area (Å²) in [5.41, 5.74) is 0.812. The number of para-hydroxylation sites is 1. The van der Waals surface area contributed by atoms with Gasteiger partial charge in [-0.05, 0) is 19.1 Å². The van der Waals surface area contributed by atoms with Gasteiger partial charge in [-0.25, -0.2) is 0 Å². The van der Waals surface area contributed by atoms with Crippen LogP contribution in [0.4, 0.5) is 0 Å². The van der Waals surface area contributed by atoms with Gasteiger partial charge in [0.15, 0.2) is 0 Å². The molecule has 2 rings (SSSR count). The lowest BCUT2D eigenvalue weighted by Gasteiger charge is -2.07. The van der Waals surface area contributed by atoms with Crippen LogP contribution in [0, 0.1) is 6.92 Å². The second kappa shape index (κ2) is 3.46. The van der Waals surface area contributed by atoms with Crippen LogP contribution in [0.5, 0.6) is 0 Å². The van der Waals surface area contributed by atoms with E-state index < -0.39 is 0 Å². The molecule has 1 aromatic heterocycles. The molecule has 0 fully saturated rings. The second-order valence-electron chi connectivity index (χ2n) is 3.02. The lowest BCUT2D eigenvalue weighted by molar-refractivity contribution is 0.889. The number of hydrogen-bond acceptors (Lipinski definition) is 2. The number of aromatic nitrogens is 2. The first kappa shape index (κ1) is 8.69. The van der Waals surface area contributed by atoms with Gasteiger partial charge in [0.1, 0.15) is 5.82 Å². The maximum Gasteiger partial charge on any atom is 0.272 e. The molecule has 14 heavy (non-hydrogen) atoms. The predicted molar refractivity (Wildman–Crippen MR) is 54.6 cm³/mol. The number of hydrogen-bond donors (Lipinski definition) is 0. The van der Waals surface area contributed by atoms with Gasteiger partial charge in [0.05, 0.1) is 0 Å². The Bertz CT molecular complexity index is 488. The fourth-order valence-corrected chi connectivity index (χ4v) is 1.36. The molecule has 0 amide bonds. The summed E-state index contributed by atoms with van der Waals surface area (Å²) in [4.78, 5) is 14.8. The maximum atomic E-state index is 10.9. The minimum absolute atomic E-state index is 0.199. The highest BCUT2D eigenvalue weighted by molar-refractivity contribution is 5.32. The second-order valence-corrected chi connectivity index (χ2v) is 3.02. The van der Waals surface area contributed by atoms with Crippen LogP contribution >= 0.6 is 0 Å². The van der Waals surface area contributed by atoms with Crippen molar-refractivity contribution in [2.24, 2.45) is 0 Å². The average Bonchev–Trinajstić information content (AvgIpc) is 2.19. The van der Waals surface area contributed by atoms with Crippen LogP contribution in [0.3, 0.4) is 0 Å². The van der Waals surface area contributed by atoms with Crippen LogP contribution < -0.4 is 5.56 Å². The van der Waals surface area contributed by atoms with Crippen LogP contribution in [0.2, 0.25) is 0 Å². The van der Waals surface area contributed by atoms with Crippen molar-refractivity contribution < 1.29 is 0 Å². The SMILES string of the molecule is Cc1nc(=O)ccn1-c1ccccc1. The van der Waals surface area contributed by atoms with E-state index in [2.05, 4.69) is 4.98 Å². The minimum atomic E-state index is -0.199. The van der Waals surface area contributed by atoms with Crippen molar-refractivity contribution in [1.82, 2.24) is 9.55 Å². The summed E-state index contributed by atoms with van der Waals surface area (Å²) in [6.45, 7) is 1.81. The lowest BCUT2D eigenvalue weighted by atomic mass is 10.3. The first-order valence-corrected chi connectivity index (χ1v) is 4.39. The van der Waals surface area contributed by atoms with Crippen molar-refractivity contribution in [3.05, 3.63) is 58.8 Å². The van der Waals surface area contributed by atoms with E-state index in [-0.39, 0.29) is 5.56 Å². The highest BCUT2D eigenvalue weighted by Crippen LogP contribution is 2.06. The van der Waals surface area contributed by atoms with Crippen LogP contribution in [0.1, 0.15) is 5.82 Å². The molecule has 0 aliphatic heterocycles. The Labute approximate surface area is 81.7 Å².